The fourth-order valence-corrected chi connectivity index (χ4v) is 2.73. The summed E-state index contributed by atoms with van der Waals surface area (Å²) in [6.07, 6.45) is 0. The average Bonchev–Trinajstić information content (AvgIpc) is 2.90. The minimum Gasteiger partial charge on any atom is -0.454 e. The average molecular weight is 404 g/mol. The maximum atomic E-state index is 12.8. The molecule has 0 bridgehead atoms. The third-order valence-corrected chi connectivity index (χ3v) is 4.63. The van der Waals surface area contributed by atoms with Crippen molar-refractivity contribution in [1.82, 2.24) is 20.4 Å². The summed E-state index contributed by atoms with van der Waals surface area (Å²) in [5.74, 6) is -2.47. The standard InChI is InChI=1S/C19H24N4O6/c1-12-5-7-13(8-6-12)19(2)17(27)23(18(28)21-19)10-16(26)29-11-15(25)22(4)9-14(24)20-3/h5-8H,9-11H2,1-4H3,(H,20,24)(H,21,28)/t19-/m1/s1. The number of amides is 5. The highest BCUT2D eigenvalue weighted by atomic mass is 16.5. The number of carbonyl (C=O) groups excluding carboxylic acids is 5. The fourth-order valence-electron chi connectivity index (χ4n) is 2.73. The Balaban J connectivity index is 1.96. The van der Waals surface area contributed by atoms with E-state index in [1.54, 1.807) is 19.1 Å². The Kier molecular flexibility index (Phi) is 6.57. The van der Waals surface area contributed by atoms with Gasteiger partial charge in [-0.15, -0.1) is 0 Å². The summed E-state index contributed by atoms with van der Waals surface area (Å²) in [6, 6.07) is 6.38. The molecule has 0 aromatic heterocycles. The van der Waals surface area contributed by atoms with Crippen LogP contribution in [0, 0.1) is 6.92 Å². The molecule has 2 rings (SSSR count). The van der Waals surface area contributed by atoms with Gasteiger partial charge in [-0.05, 0) is 19.4 Å². The Morgan fingerprint density at radius 3 is 2.41 bits per heavy atom. The highest BCUT2D eigenvalue weighted by molar-refractivity contribution is 6.08. The number of imide groups is 1. The molecule has 0 aliphatic carbocycles. The lowest BCUT2D eigenvalue weighted by Gasteiger charge is -2.22. The number of carbonyl (C=O) groups is 5. The van der Waals surface area contributed by atoms with Crippen LogP contribution in [-0.2, 0) is 29.5 Å². The number of hydrogen-bond donors (Lipinski definition) is 2. The van der Waals surface area contributed by atoms with E-state index in [9.17, 15) is 24.0 Å². The number of esters is 1. The number of likely N-dealkylation sites (N-methyl/N-ethyl adjacent to an activating group) is 2. The molecule has 0 unspecified atom stereocenters. The summed E-state index contributed by atoms with van der Waals surface area (Å²) >= 11 is 0. The molecular formula is C19H24N4O6. The monoisotopic (exact) mass is 404 g/mol. The van der Waals surface area contributed by atoms with Crippen molar-refractivity contribution in [2.45, 2.75) is 19.4 Å². The Labute approximate surface area is 168 Å². The van der Waals surface area contributed by atoms with E-state index in [-0.39, 0.29) is 12.5 Å². The normalized spacial score (nSPS) is 18.3. The number of hydrogen-bond acceptors (Lipinski definition) is 6. The van der Waals surface area contributed by atoms with Gasteiger partial charge >= 0.3 is 12.0 Å². The molecule has 0 spiro atoms. The number of nitrogens with one attached hydrogen (secondary N) is 2. The van der Waals surface area contributed by atoms with Gasteiger partial charge < -0.3 is 20.3 Å². The maximum Gasteiger partial charge on any atom is 0.326 e. The van der Waals surface area contributed by atoms with Gasteiger partial charge in [-0.2, -0.15) is 0 Å². The third kappa shape index (κ3) is 4.89. The van der Waals surface area contributed by atoms with Crippen molar-refractivity contribution in [3.8, 4) is 0 Å². The summed E-state index contributed by atoms with van der Waals surface area (Å²) < 4.78 is 4.85. The van der Waals surface area contributed by atoms with Gasteiger partial charge in [-0.1, -0.05) is 29.8 Å². The van der Waals surface area contributed by atoms with Crippen molar-refractivity contribution in [3.63, 3.8) is 0 Å². The quantitative estimate of drug-likeness (QED) is 0.467. The maximum absolute atomic E-state index is 12.8. The molecule has 1 heterocycles. The second-order valence-electron chi connectivity index (χ2n) is 6.90. The molecule has 1 aliphatic heterocycles. The number of aryl methyl sites for hydroxylation is 1. The van der Waals surface area contributed by atoms with Gasteiger partial charge in [0.05, 0.1) is 6.54 Å². The molecule has 1 aromatic carbocycles. The zero-order chi connectivity index (χ0) is 21.8. The SMILES string of the molecule is CNC(=O)CN(C)C(=O)COC(=O)CN1C(=O)N[C@](C)(c2ccc(C)cc2)C1=O. The lowest BCUT2D eigenvalue weighted by Crippen LogP contribution is -2.42. The first-order valence-electron chi connectivity index (χ1n) is 8.90. The summed E-state index contributed by atoms with van der Waals surface area (Å²) in [7, 11) is 2.82. The van der Waals surface area contributed by atoms with Gasteiger partial charge in [-0.3, -0.25) is 24.1 Å². The molecule has 156 valence electrons. The lowest BCUT2D eigenvalue weighted by molar-refractivity contribution is -0.153. The van der Waals surface area contributed by atoms with Gasteiger partial charge in [0.25, 0.3) is 11.8 Å². The summed E-state index contributed by atoms with van der Waals surface area (Å²) in [5.41, 5.74) is 0.290. The van der Waals surface area contributed by atoms with Crippen molar-refractivity contribution >= 4 is 29.7 Å². The zero-order valence-electron chi connectivity index (χ0n) is 16.8. The second kappa shape index (κ2) is 8.72. The van der Waals surface area contributed by atoms with Crippen LogP contribution in [0.5, 0.6) is 0 Å². The van der Waals surface area contributed by atoms with Crippen LogP contribution >= 0.6 is 0 Å². The predicted octanol–water partition coefficient (Wildman–Crippen LogP) is -0.490. The van der Waals surface area contributed by atoms with Gasteiger partial charge in [0.1, 0.15) is 12.1 Å². The van der Waals surface area contributed by atoms with Crippen LogP contribution in [-0.4, -0.2) is 73.3 Å². The Morgan fingerprint density at radius 2 is 1.83 bits per heavy atom. The molecule has 1 fully saturated rings. The number of benzene rings is 1. The molecule has 10 heteroatoms. The van der Waals surface area contributed by atoms with E-state index in [1.807, 2.05) is 19.1 Å². The van der Waals surface area contributed by atoms with Crippen molar-refractivity contribution < 1.29 is 28.7 Å². The topological polar surface area (TPSA) is 125 Å². The van der Waals surface area contributed by atoms with E-state index in [4.69, 9.17) is 4.74 Å². The minimum atomic E-state index is -1.30. The molecule has 1 atom stereocenters. The first kappa shape index (κ1) is 21.9. The van der Waals surface area contributed by atoms with E-state index >= 15 is 0 Å². The Bertz CT molecular complexity index is 838. The highest BCUT2D eigenvalue weighted by Gasteiger charge is 2.49. The lowest BCUT2D eigenvalue weighted by atomic mass is 9.91. The third-order valence-electron chi connectivity index (χ3n) is 4.63. The highest BCUT2D eigenvalue weighted by Crippen LogP contribution is 2.28. The molecular weight excluding hydrogens is 380 g/mol. The first-order chi connectivity index (χ1) is 13.6. The molecule has 1 aliphatic rings. The van der Waals surface area contributed by atoms with Crippen LogP contribution in [0.4, 0.5) is 4.79 Å². The molecule has 29 heavy (non-hydrogen) atoms. The molecule has 1 aromatic rings. The van der Waals surface area contributed by atoms with Crippen molar-refractivity contribution in [2.24, 2.45) is 0 Å². The summed E-state index contributed by atoms with van der Waals surface area (Å²) in [5, 5.41) is 4.96. The number of nitrogens with zero attached hydrogens (tertiary/aromatic N) is 2. The van der Waals surface area contributed by atoms with E-state index in [1.165, 1.54) is 14.1 Å². The van der Waals surface area contributed by atoms with Crippen molar-refractivity contribution in [1.29, 1.82) is 0 Å². The van der Waals surface area contributed by atoms with E-state index in [2.05, 4.69) is 10.6 Å². The largest absolute Gasteiger partial charge is 0.454 e. The van der Waals surface area contributed by atoms with Crippen molar-refractivity contribution in [2.75, 3.05) is 33.8 Å². The van der Waals surface area contributed by atoms with Gasteiger partial charge in [0.2, 0.25) is 5.91 Å². The molecule has 5 amide bonds. The second-order valence-corrected chi connectivity index (χ2v) is 6.90. The van der Waals surface area contributed by atoms with Gasteiger partial charge in [-0.25, -0.2) is 4.79 Å². The van der Waals surface area contributed by atoms with E-state index in [0.29, 0.717) is 5.56 Å². The minimum absolute atomic E-state index is 0.186. The molecule has 0 radical (unpaired) electrons. The Morgan fingerprint density at radius 1 is 1.21 bits per heavy atom. The van der Waals surface area contributed by atoms with Crippen molar-refractivity contribution in [3.05, 3.63) is 35.4 Å². The van der Waals surface area contributed by atoms with Crippen LogP contribution in [0.2, 0.25) is 0 Å². The summed E-state index contributed by atoms with van der Waals surface area (Å²) in [4.78, 5) is 62.1. The van der Waals surface area contributed by atoms with Gasteiger partial charge in [0.15, 0.2) is 6.61 Å². The van der Waals surface area contributed by atoms with Crippen LogP contribution in [0.25, 0.3) is 0 Å². The summed E-state index contributed by atoms with van der Waals surface area (Å²) in [6.45, 7) is 2.04. The molecule has 10 nitrogen and oxygen atoms in total. The number of rotatable bonds is 7. The molecule has 0 saturated carbocycles. The molecule has 2 N–H and O–H groups in total. The van der Waals surface area contributed by atoms with Crippen LogP contribution in [0.1, 0.15) is 18.1 Å². The number of ether oxygens (including phenoxy) is 1. The Hall–Kier alpha value is -3.43. The smallest absolute Gasteiger partial charge is 0.326 e. The first-order valence-corrected chi connectivity index (χ1v) is 8.90. The van der Waals surface area contributed by atoms with Crippen LogP contribution < -0.4 is 10.6 Å². The van der Waals surface area contributed by atoms with Gasteiger partial charge in [0, 0.05) is 14.1 Å². The van der Waals surface area contributed by atoms with E-state index in [0.717, 1.165) is 15.4 Å². The van der Waals surface area contributed by atoms with E-state index < -0.39 is 42.5 Å². The number of urea groups is 1. The molecule has 1 saturated heterocycles. The fraction of sp³-hybridized carbons (Fsp3) is 0.421. The van der Waals surface area contributed by atoms with Crippen LogP contribution in [0.3, 0.4) is 0 Å². The van der Waals surface area contributed by atoms with Crippen LogP contribution in [0.15, 0.2) is 24.3 Å². The predicted molar refractivity (Wildman–Crippen MR) is 101 cm³/mol. The zero-order valence-corrected chi connectivity index (χ0v) is 16.8.